The van der Waals surface area contributed by atoms with E-state index in [9.17, 15) is 0 Å². The van der Waals surface area contributed by atoms with Crippen molar-refractivity contribution in [2.45, 2.75) is 76.7 Å². The standard InChI is InChI=1S/C19H27N/c1-14-11-16-7-6-10-20-18(16)17(12-14)15(2)13-19(20)8-4-3-5-9-19/h11-12,15H,3-10,13H2,1-2H3. The topological polar surface area (TPSA) is 3.24 Å². The van der Waals surface area contributed by atoms with Crippen LogP contribution in [0.25, 0.3) is 0 Å². The molecular weight excluding hydrogens is 242 g/mol. The Labute approximate surface area is 123 Å². The Balaban J connectivity index is 1.87. The molecule has 0 aromatic heterocycles. The van der Waals surface area contributed by atoms with Crippen molar-refractivity contribution in [1.82, 2.24) is 0 Å². The van der Waals surface area contributed by atoms with Crippen molar-refractivity contribution in [1.29, 1.82) is 0 Å². The van der Waals surface area contributed by atoms with E-state index in [-0.39, 0.29) is 0 Å². The third kappa shape index (κ3) is 1.75. The van der Waals surface area contributed by atoms with Crippen LogP contribution in [-0.4, -0.2) is 12.1 Å². The predicted molar refractivity (Wildman–Crippen MR) is 85.7 cm³/mol. The molecule has 1 aliphatic carbocycles. The molecule has 0 N–H and O–H groups in total. The third-order valence-corrected chi connectivity index (χ3v) is 6.03. The van der Waals surface area contributed by atoms with Crippen LogP contribution in [0, 0.1) is 6.92 Å². The van der Waals surface area contributed by atoms with E-state index in [0.29, 0.717) is 5.54 Å². The summed E-state index contributed by atoms with van der Waals surface area (Å²) in [5.74, 6) is 0.746. The lowest BCUT2D eigenvalue weighted by molar-refractivity contribution is 0.229. The van der Waals surface area contributed by atoms with Gasteiger partial charge in [0.05, 0.1) is 0 Å². The van der Waals surface area contributed by atoms with Crippen LogP contribution < -0.4 is 4.90 Å². The summed E-state index contributed by atoms with van der Waals surface area (Å²) in [5.41, 5.74) is 6.92. The molecule has 0 saturated heterocycles. The van der Waals surface area contributed by atoms with Gasteiger partial charge in [0, 0.05) is 17.8 Å². The highest BCUT2D eigenvalue weighted by molar-refractivity contribution is 5.67. The minimum absolute atomic E-state index is 0.509. The van der Waals surface area contributed by atoms with E-state index in [1.165, 1.54) is 63.5 Å². The first-order valence-corrected chi connectivity index (χ1v) is 8.61. The molecule has 2 aliphatic heterocycles. The fraction of sp³-hybridized carbons (Fsp3) is 0.684. The Morgan fingerprint density at radius 3 is 2.70 bits per heavy atom. The molecule has 1 aromatic carbocycles. The van der Waals surface area contributed by atoms with Gasteiger partial charge in [-0.15, -0.1) is 0 Å². The van der Waals surface area contributed by atoms with E-state index in [1.807, 2.05) is 0 Å². The minimum atomic E-state index is 0.509. The number of aryl methyl sites for hydroxylation is 2. The number of anilines is 1. The Bertz CT molecular complexity index is 525. The van der Waals surface area contributed by atoms with Crippen LogP contribution in [0.1, 0.15) is 74.5 Å². The number of rotatable bonds is 0. The normalized spacial score (nSPS) is 27.5. The van der Waals surface area contributed by atoms with E-state index in [4.69, 9.17) is 0 Å². The van der Waals surface area contributed by atoms with Gasteiger partial charge in [0.15, 0.2) is 0 Å². The summed E-state index contributed by atoms with van der Waals surface area (Å²) in [5, 5.41) is 0. The van der Waals surface area contributed by atoms with Crippen LogP contribution in [0.4, 0.5) is 5.69 Å². The molecule has 1 nitrogen and oxygen atoms in total. The van der Waals surface area contributed by atoms with Crippen molar-refractivity contribution >= 4 is 5.69 Å². The molecular formula is C19H27N. The molecule has 1 heteroatoms. The molecule has 1 unspecified atom stereocenters. The molecule has 1 fully saturated rings. The number of benzene rings is 1. The summed E-state index contributed by atoms with van der Waals surface area (Å²) in [6.45, 7) is 6.04. The molecule has 1 aromatic rings. The Morgan fingerprint density at radius 1 is 1.10 bits per heavy atom. The zero-order valence-electron chi connectivity index (χ0n) is 13.0. The number of hydrogen-bond acceptors (Lipinski definition) is 1. The molecule has 0 amide bonds. The third-order valence-electron chi connectivity index (χ3n) is 6.03. The second kappa shape index (κ2) is 4.51. The van der Waals surface area contributed by atoms with Gasteiger partial charge in [-0.3, -0.25) is 0 Å². The van der Waals surface area contributed by atoms with Gasteiger partial charge in [-0.25, -0.2) is 0 Å². The van der Waals surface area contributed by atoms with Gasteiger partial charge in [-0.2, -0.15) is 0 Å². The SMILES string of the molecule is Cc1cc2c3c(c1)C(C)CC1(CCCCC1)N3CCC2. The number of fused-ring (bicyclic) bond motifs is 1. The second-order valence-electron chi connectivity index (χ2n) is 7.51. The van der Waals surface area contributed by atoms with Crippen molar-refractivity contribution in [2.24, 2.45) is 0 Å². The van der Waals surface area contributed by atoms with Gasteiger partial charge in [-0.1, -0.05) is 43.9 Å². The molecule has 3 aliphatic rings. The lowest BCUT2D eigenvalue weighted by atomic mass is 9.68. The van der Waals surface area contributed by atoms with Gasteiger partial charge < -0.3 is 4.90 Å². The van der Waals surface area contributed by atoms with Crippen molar-refractivity contribution in [3.63, 3.8) is 0 Å². The quantitative estimate of drug-likeness (QED) is 0.643. The van der Waals surface area contributed by atoms with Crippen molar-refractivity contribution in [3.8, 4) is 0 Å². The van der Waals surface area contributed by atoms with Gasteiger partial charge in [-0.05, 0) is 56.1 Å². The molecule has 4 rings (SSSR count). The maximum absolute atomic E-state index is 2.86. The average Bonchev–Trinajstić information content (AvgIpc) is 2.45. The van der Waals surface area contributed by atoms with E-state index in [1.54, 1.807) is 16.8 Å². The molecule has 108 valence electrons. The Kier molecular flexibility index (Phi) is 2.87. The fourth-order valence-corrected chi connectivity index (χ4v) is 5.27. The molecule has 20 heavy (non-hydrogen) atoms. The summed E-state index contributed by atoms with van der Waals surface area (Å²) >= 11 is 0. The predicted octanol–water partition coefficient (Wildman–Crippen LogP) is 4.96. The summed E-state index contributed by atoms with van der Waals surface area (Å²) in [4.78, 5) is 2.86. The molecule has 1 saturated carbocycles. The Hall–Kier alpha value is -0.980. The molecule has 2 heterocycles. The fourth-order valence-electron chi connectivity index (χ4n) is 5.27. The van der Waals surface area contributed by atoms with Crippen LogP contribution in [0.3, 0.4) is 0 Å². The highest BCUT2D eigenvalue weighted by Gasteiger charge is 2.45. The van der Waals surface area contributed by atoms with E-state index < -0.39 is 0 Å². The van der Waals surface area contributed by atoms with Crippen LogP contribution >= 0.6 is 0 Å². The largest absolute Gasteiger partial charge is 0.365 e. The van der Waals surface area contributed by atoms with Crippen LogP contribution in [-0.2, 0) is 6.42 Å². The van der Waals surface area contributed by atoms with Gasteiger partial charge in [0.25, 0.3) is 0 Å². The minimum Gasteiger partial charge on any atom is -0.365 e. The van der Waals surface area contributed by atoms with E-state index in [0.717, 1.165) is 5.92 Å². The molecule has 0 radical (unpaired) electrons. The van der Waals surface area contributed by atoms with Gasteiger partial charge in [0.2, 0.25) is 0 Å². The van der Waals surface area contributed by atoms with Crippen molar-refractivity contribution < 1.29 is 0 Å². The number of hydrogen-bond donors (Lipinski definition) is 0. The summed E-state index contributed by atoms with van der Waals surface area (Å²) < 4.78 is 0. The average molecular weight is 269 g/mol. The smallest absolute Gasteiger partial charge is 0.0438 e. The zero-order chi connectivity index (χ0) is 13.7. The van der Waals surface area contributed by atoms with Crippen molar-refractivity contribution in [3.05, 3.63) is 28.8 Å². The van der Waals surface area contributed by atoms with Crippen LogP contribution in [0.2, 0.25) is 0 Å². The summed E-state index contributed by atoms with van der Waals surface area (Å²) in [6.07, 6.45) is 11.3. The number of nitrogens with zero attached hydrogens (tertiary/aromatic N) is 1. The van der Waals surface area contributed by atoms with Gasteiger partial charge in [0.1, 0.15) is 0 Å². The monoisotopic (exact) mass is 269 g/mol. The van der Waals surface area contributed by atoms with Gasteiger partial charge >= 0.3 is 0 Å². The van der Waals surface area contributed by atoms with Crippen molar-refractivity contribution in [2.75, 3.05) is 11.4 Å². The first-order chi connectivity index (χ1) is 9.70. The first-order valence-electron chi connectivity index (χ1n) is 8.61. The highest BCUT2D eigenvalue weighted by Crippen LogP contribution is 2.52. The first kappa shape index (κ1) is 12.7. The van der Waals surface area contributed by atoms with E-state index in [2.05, 4.69) is 30.9 Å². The summed E-state index contributed by atoms with van der Waals surface area (Å²) in [6, 6.07) is 4.93. The maximum Gasteiger partial charge on any atom is 0.0438 e. The van der Waals surface area contributed by atoms with E-state index >= 15 is 0 Å². The lowest BCUT2D eigenvalue weighted by Gasteiger charge is -2.55. The van der Waals surface area contributed by atoms with Crippen LogP contribution in [0.15, 0.2) is 12.1 Å². The molecule has 1 atom stereocenters. The maximum atomic E-state index is 2.86. The summed E-state index contributed by atoms with van der Waals surface area (Å²) in [7, 11) is 0. The zero-order valence-corrected chi connectivity index (χ0v) is 13.0. The Morgan fingerprint density at radius 2 is 1.90 bits per heavy atom. The highest BCUT2D eigenvalue weighted by atomic mass is 15.2. The molecule has 1 spiro atoms. The van der Waals surface area contributed by atoms with Crippen LogP contribution in [0.5, 0.6) is 0 Å². The lowest BCUT2D eigenvalue weighted by Crippen LogP contribution is -2.55. The second-order valence-corrected chi connectivity index (χ2v) is 7.51. The molecule has 0 bridgehead atoms.